The first-order valence-electron chi connectivity index (χ1n) is 9.75. The molecule has 1 heterocycles. The van der Waals surface area contributed by atoms with Crippen LogP contribution in [0.15, 0.2) is 53.4 Å². The molecule has 0 spiro atoms. The largest absolute Gasteiger partial charge is 0.497 e. The Morgan fingerprint density at radius 2 is 1.61 bits per heavy atom. The van der Waals surface area contributed by atoms with Crippen molar-refractivity contribution in [2.45, 2.75) is 30.7 Å². The van der Waals surface area contributed by atoms with E-state index in [-0.39, 0.29) is 10.9 Å². The molecule has 10 heteroatoms. The molecule has 1 atom stereocenters. The monoisotopic (exact) mass is 462 g/mol. The molecular weight excluding hydrogens is 436 g/mol. The molecule has 8 nitrogen and oxygen atoms in total. The number of aromatic nitrogens is 2. The van der Waals surface area contributed by atoms with Crippen LogP contribution < -0.4 is 19.5 Å². The highest BCUT2D eigenvalue weighted by Crippen LogP contribution is 2.18. The van der Waals surface area contributed by atoms with Gasteiger partial charge in [-0.15, -0.1) is 0 Å². The second-order valence-corrected chi connectivity index (χ2v) is 9.42. The van der Waals surface area contributed by atoms with E-state index in [0.717, 1.165) is 17.1 Å². The summed E-state index contributed by atoms with van der Waals surface area (Å²) >= 11 is 1.29. The Balaban J connectivity index is 1.46. The predicted octanol–water partition coefficient (Wildman–Crippen LogP) is 3.32. The van der Waals surface area contributed by atoms with Crippen LogP contribution >= 0.6 is 11.5 Å². The summed E-state index contributed by atoms with van der Waals surface area (Å²) in [6.07, 6.45) is 1.24. The van der Waals surface area contributed by atoms with E-state index in [9.17, 15) is 8.42 Å². The van der Waals surface area contributed by atoms with Crippen molar-refractivity contribution in [3.8, 4) is 11.5 Å². The van der Waals surface area contributed by atoms with Gasteiger partial charge in [-0.05, 0) is 55.3 Å². The molecule has 2 aromatic carbocycles. The van der Waals surface area contributed by atoms with Gasteiger partial charge in [0.25, 0.3) is 0 Å². The number of sulfonamides is 1. The highest BCUT2D eigenvalue weighted by molar-refractivity contribution is 7.89. The molecule has 0 saturated heterocycles. The minimum Gasteiger partial charge on any atom is -0.497 e. The maximum Gasteiger partial charge on any atom is 0.240 e. The second kappa shape index (κ2) is 10.6. The lowest BCUT2D eigenvalue weighted by Crippen LogP contribution is -2.33. The summed E-state index contributed by atoms with van der Waals surface area (Å²) in [6, 6.07) is 13.9. The fourth-order valence-corrected chi connectivity index (χ4v) is 4.75. The molecule has 0 aliphatic heterocycles. The maximum absolute atomic E-state index is 12.5. The number of nitrogens with zero attached hydrogens (tertiary/aromatic N) is 2. The van der Waals surface area contributed by atoms with Crippen LogP contribution in [-0.4, -0.2) is 44.6 Å². The third-order valence-electron chi connectivity index (χ3n) is 4.57. The van der Waals surface area contributed by atoms with Crippen molar-refractivity contribution < 1.29 is 17.9 Å². The van der Waals surface area contributed by atoms with Crippen LogP contribution in [0.1, 0.15) is 24.7 Å². The van der Waals surface area contributed by atoms with Gasteiger partial charge in [-0.1, -0.05) is 12.1 Å². The SMILES string of the molecule is COc1ccc(Cc2nsc(NCCC(C)NS(=O)(=O)c3ccc(OC)cc3)n2)cc1. The number of nitrogens with one attached hydrogen (secondary N) is 2. The average molecular weight is 463 g/mol. The van der Waals surface area contributed by atoms with Crippen molar-refractivity contribution in [3.05, 3.63) is 59.9 Å². The van der Waals surface area contributed by atoms with Crippen molar-refractivity contribution >= 4 is 26.7 Å². The molecule has 0 amide bonds. The third-order valence-corrected chi connectivity index (χ3v) is 6.89. The Hall–Kier alpha value is -2.69. The summed E-state index contributed by atoms with van der Waals surface area (Å²) in [7, 11) is -0.405. The quantitative estimate of drug-likeness (QED) is 0.451. The number of anilines is 1. The van der Waals surface area contributed by atoms with Crippen LogP contribution in [0.25, 0.3) is 0 Å². The zero-order chi connectivity index (χ0) is 22.3. The zero-order valence-corrected chi connectivity index (χ0v) is 19.3. The summed E-state index contributed by atoms with van der Waals surface area (Å²) < 4.78 is 42.3. The number of methoxy groups -OCH3 is 2. The van der Waals surface area contributed by atoms with Gasteiger partial charge in [0.2, 0.25) is 15.2 Å². The lowest BCUT2D eigenvalue weighted by Gasteiger charge is -2.14. The molecule has 0 fully saturated rings. The predicted molar refractivity (Wildman–Crippen MR) is 122 cm³/mol. The van der Waals surface area contributed by atoms with Gasteiger partial charge in [0.05, 0.1) is 19.1 Å². The molecular formula is C21H26N4O4S2. The summed E-state index contributed by atoms with van der Waals surface area (Å²) in [5.41, 5.74) is 1.10. The van der Waals surface area contributed by atoms with Crippen LogP contribution in [-0.2, 0) is 16.4 Å². The first-order chi connectivity index (χ1) is 14.9. The van der Waals surface area contributed by atoms with Gasteiger partial charge >= 0.3 is 0 Å². The lowest BCUT2D eigenvalue weighted by atomic mass is 10.1. The van der Waals surface area contributed by atoms with E-state index < -0.39 is 10.0 Å². The van der Waals surface area contributed by atoms with Gasteiger partial charge in [0.1, 0.15) is 17.3 Å². The fraction of sp³-hybridized carbons (Fsp3) is 0.333. The lowest BCUT2D eigenvalue weighted by molar-refractivity contribution is 0.414. The summed E-state index contributed by atoms with van der Waals surface area (Å²) in [5.74, 6) is 2.17. The van der Waals surface area contributed by atoms with E-state index in [1.54, 1.807) is 19.2 Å². The normalized spacial score (nSPS) is 12.4. The Bertz CT molecular complexity index is 1070. The molecule has 3 aromatic rings. The summed E-state index contributed by atoms with van der Waals surface area (Å²) in [4.78, 5) is 4.71. The first kappa shape index (κ1) is 23.0. The topological polar surface area (TPSA) is 102 Å². The highest BCUT2D eigenvalue weighted by Gasteiger charge is 2.17. The van der Waals surface area contributed by atoms with Crippen LogP contribution in [0, 0.1) is 0 Å². The zero-order valence-electron chi connectivity index (χ0n) is 17.7. The Morgan fingerprint density at radius 3 is 2.23 bits per heavy atom. The molecule has 3 rings (SSSR count). The number of hydrogen-bond donors (Lipinski definition) is 2. The number of rotatable bonds is 11. The maximum atomic E-state index is 12.5. The molecule has 31 heavy (non-hydrogen) atoms. The molecule has 0 radical (unpaired) electrons. The smallest absolute Gasteiger partial charge is 0.240 e. The Morgan fingerprint density at radius 1 is 1.00 bits per heavy atom. The summed E-state index contributed by atoms with van der Waals surface area (Å²) in [5, 5.41) is 3.93. The third kappa shape index (κ3) is 6.65. The molecule has 0 aliphatic carbocycles. The van der Waals surface area contributed by atoms with Gasteiger partial charge in [0, 0.05) is 30.5 Å². The van der Waals surface area contributed by atoms with E-state index in [2.05, 4.69) is 19.4 Å². The van der Waals surface area contributed by atoms with Crippen molar-refractivity contribution in [1.29, 1.82) is 0 Å². The highest BCUT2D eigenvalue weighted by atomic mass is 32.2. The molecule has 166 valence electrons. The molecule has 1 unspecified atom stereocenters. The van der Waals surface area contributed by atoms with Gasteiger partial charge in [-0.25, -0.2) is 18.1 Å². The number of benzene rings is 2. The second-order valence-electron chi connectivity index (χ2n) is 6.95. The molecule has 0 aliphatic rings. The molecule has 0 bridgehead atoms. The van der Waals surface area contributed by atoms with Gasteiger partial charge < -0.3 is 14.8 Å². The van der Waals surface area contributed by atoms with E-state index in [0.29, 0.717) is 30.3 Å². The van der Waals surface area contributed by atoms with Crippen molar-refractivity contribution in [2.24, 2.45) is 0 Å². The van der Waals surface area contributed by atoms with Gasteiger partial charge in [-0.3, -0.25) is 0 Å². The minimum atomic E-state index is -3.58. The average Bonchev–Trinajstić information content (AvgIpc) is 3.21. The Labute approximate surface area is 186 Å². The van der Waals surface area contributed by atoms with E-state index >= 15 is 0 Å². The van der Waals surface area contributed by atoms with Crippen LogP contribution in [0.2, 0.25) is 0 Å². The molecule has 0 saturated carbocycles. The molecule has 2 N–H and O–H groups in total. The van der Waals surface area contributed by atoms with Crippen molar-refractivity contribution in [2.75, 3.05) is 26.1 Å². The Kier molecular flexibility index (Phi) is 7.83. The van der Waals surface area contributed by atoms with E-state index in [1.165, 1.54) is 30.8 Å². The van der Waals surface area contributed by atoms with Crippen molar-refractivity contribution in [3.63, 3.8) is 0 Å². The van der Waals surface area contributed by atoms with Crippen LogP contribution in [0.3, 0.4) is 0 Å². The minimum absolute atomic E-state index is 0.209. The van der Waals surface area contributed by atoms with E-state index in [4.69, 9.17) is 9.47 Å². The number of hydrogen-bond acceptors (Lipinski definition) is 8. The first-order valence-corrected chi connectivity index (χ1v) is 12.0. The molecule has 1 aromatic heterocycles. The summed E-state index contributed by atoms with van der Waals surface area (Å²) in [6.45, 7) is 2.40. The van der Waals surface area contributed by atoms with Crippen LogP contribution in [0.4, 0.5) is 5.13 Å². The van der Waals surface area contributed by atoms with Gasteiger partial charge in [0.15, 0.2) is 0 Å². The van der Waals surface area contributed by atoms with Gasteiger partial charge in [-0.2, -0.15) is 4.37 Å². The standard InChI is InChI=1S/C21H26N4O4S2/c1-15(25-31(26,27)19-10-8-18(29-3)9-11-19)12-13-22-21-23-20(24-30-21)14-16-4-6-17(28-2)7-5-16/h4-11,15,25H,12-14H2,1-3H3,(H,22,23,24). The van der Waals surface area contributed by atoms with Crippen molar-refractivity contribution in [1.82, 2.24) is 14.1 Å². The number of ether oxygens (including phenoxy) is 2. The van der Waals surface area contributed by atoms with E-state index in [1.807, 2.05) is 31.2 Å². The fourth-order valence-electron chi connectivity index (χ4n) is 2.87. The van der Waals surface area contributed by atoms with Crippen LogP contribution in [0.5, 0.6) is 11.5 Å².